The molecule has 0 amide bonds. The Labute approximate surface area is 55.8 Å². The fourth-order valence-corrected chi connectivity index (χ4v) is 0.114. The lowest BCUT2D eigenvalue weighted by Gasteiger charge is -1.66. The molecule has 52 valence electrons. The first-order valence-corrected chi connectivity index (χ1v) is 1.64. The number of hydrogen-bond donors (Lipinski definition) is 0. The summed E-state index contributed by atoms with van der Waals surface area (Å²) in [6.07, 6.45) is 1.32. The minimum absolute atomic E-state index is 0. The summed E-state index contributed by atoms with van der Waals surface area (Å²) in [7, 11) is 0. The summed E-state index contributed by atoms with van der Waals surface area (Å²) in [5.74, 6) is 2.20. The van der Waals surface area contributed by atoms with Gasteiger partial charge in [0.05, 0.1) is 0 Å². The molecule has 0 rings (SSSR count). The second-order valence-corrected chi connectivity index (χ2v) is 0.707. The summed E-state index contributed by atoms with van der Waals surface area (Å²) in [5, 5.41) is 0. The van der Waals surface area contributed by atoms with Crippen LogP contribution in [0.1, 0.15) is 14.9 Å². The van der Waals surface area contributed by atoms with Crippen LogP contribution in [-0.4, -0.2) is 18.6 Å². The van der Waals surface area contributed by atoms with Crippen LogP contribution in [0.5, 0.6) is 0 Å². The van der Waals surface area contributed by atoms with Gasteiger partial charge < -0.3 is 0 Å². The molecule has 3 nitrogen and oxygen atoms in total. The maximum atomic E-state index is 9.28. The first-order valence-electron chi connectivity index (χ1n) is 1.64. The molecule has 0 heterocycles. The molecule has 0 aromatic rings. The zero-order valence-corrected chi connectivity index (χ0v) is 3.72. The van der Waals surface area contributed by atoms with Crippen LogP contribution in [0.4, 0.5) is 0 Å². The SMILES string of the molecule is C.C.C=C=NCN=C=O. The third kappa shape index (κ3) is 19.9. The van der Waals surface area contributed by atoms with Gasteiger partial charge in [-0.15, -0.1) is 0 Å². The van der Waals surface area contributed by atoms with E-state index in [1.165, 1.54) is 6.08 Å². The number of aliphatic imine (C=N–C) groups is 2. The van der Waals surface area contributed by atoms with Crippen LogP contribution in [0, 0.1) is 0 Å². The van der Waals surface area contributed by atoms with Gasteiger partial charge in [-0.1, -0.05) is 14.9 Å². The highest BCUT2D eigenvalue weighted by atomic mass is 16.1. The maximum Gasteiger partial charge on any atom is 0.236 e. The van der Waals surface area contributed by atoms with Crippen molar-refractivity contribution in [3.8, 4) is 0 Å². The molecule has 0 saturated carbocycles. The summed E-state index contributed by atoms with van der Waals surface area (Å²) in [6.45, 7) is 3.24. The molecule has 0 saturated heterocycles. The lowest BCUT2D eigenvalue weighted by molar-refractivity contribution is 0.563. The summed E-state index contributed by atoms with van der Waals surface area (Å²) >= 11 is 0. The summed E-state index contributed by atoms with van der Waals surface area (Å²) in [6, 6.07) is 0. The van der Waals surface area contributed by atoms with Gasteiger partial charge in [0, 0.05) is 0 Å². The fourth-order valence-electron chi connectivity index (χ4n) is 0.114. The van der Waals surface area contributed by atoms with Crippen molar-refractivity contribution in [2.75, 3.05) is 6.67 Å². The molecule has 9 heavy (non-hydrogen) atoms. The van der Waals surface area contributed by atoms with Crippen molar-refractivity contribution in [1.29, 1.82) is 0 Å². The van der Waals surface area contributed by atoms with Gasteiger partial charge in [0.15, 0.2) is 6.67 Å². The predicted molar refractivity (Wildman–Crippen MR) is 39.5 cm³/mol. The molecule has 0 aliphatic carbocycles. The molecule has 0 aromatic carbocycles. The third-order valence-corrected chi connectivity index (χ3v) is 0.318. The zero-order valence-electron chi connectivity index (χ0n) is 3.72. The van der Waals surface area contributed by atoms with Gasteiger partial charge in [-0.05, 0) is 12.4 Å². The Kier molecular flexibility index (Phi) is 27.5. The smallest absolute Gasteiger partial charge is 0.219 e. The van der Waals surface area contributed by atoms with Crippen LogP contribution in [0.3, 0.4) is 0 Å². The van der Waals surface area contributed by atoms with E-state index in [-0.39, 0.29) is 21.5 Å². The molecule has 0 N–H and O–H groups in total. The molecular formula is C6H12N2O. The van der Waals surface area contributed by atoms with Crippen LogP contribution in [0.2, 0.25) is 0 Å². The van der Waals surface area contributed by atoms with Gasteiger partial charge in [0.1, 0.15) is 0 Å². The summed E-state index contributed by atoms with van der Waals surface area (Å²) in [4.78, 5) is 15.7. The number of hydrogen-bond acceptors (Lipinski definition) is 3. The van der Waals surface area contributed by atoms with E-state index in [0.29, 0.717) is 0 Å². The number of rotatable bonds is 2. The van der Waals surface area contributed by atoms with Crippen LogP contribution >= 0.6 is 0 Å². The van der Waals surface area contributed by atoms with Crippen molar-refractivity contribution >= 4 is 11.9 Å². The Hall–Kier alpha value is -1.17. The van der Waals surface area contributed by atoms with E-state index in [2.05, 4.69) is 22.4 Å². The van der Waals surface area contributed by atoms with Gasteiger partial charge in [0.25, 0.3) is 0 Å². The normalized spacial score (nSPS) is 4.44. The highest BCUT2D eigenvalue weighted by Crippen LogP contribution is 1.61. The molecule has 0 fully saturated rings. The standard InChI is InChI=1S/C4H4N2O.2CH4/c1-2-5-3-6-4-7;;/h1,3H2;2*1H4. The lowest BCUT2D eigenvalue weighted by atomic mass is 11.0. The van der Waals surface area contributed by atoms with Crippen molar-refractivity contribution in [2.24, 2.45) is 9.98 Å². The number of carbonyl (C=O) groups excluding carboxylic acids is 1. The molecule has 3 heteroatoms. The summed E-state index contributed by atoms with van der Waals surface area (Å²) in [5.41, 5.74) is 0. The Balaban J connectivity index is -0.000000180. The topological polar surface area (TPSA) is 41.8 Å². The maximum absolute atomic E-state index is 9.28. The van der Waals surface area contributed by atoms with E-state index in [0.717, 1.165) is 0 Å². The van der Waals surface area contributed by atoms with Gasteiger partial charge in [0.2, 0.25) is 6.08 Å². The first kappa shape index (κ1) is 15.7. The largest absolute Gasteiger partial charge is 0.236 e. The first-order chi connectivity index (χ1) is 3.41. The molecule has 0 radical (unpaired) electrons. The lowest BCUT2D eigenvalue weighted by Crippen LogP contribution is -1.66. The Morgan fingerprint density at radius 1 is 1.33 bits per heavy atom. The van der Waals surface area contributed by atoms with E-state index in [4.69, 9.17) is 0 Å². The van der Waals surface area contributed by atoms with Gasteiger partial charge in [-0.3, -0.25) is 0 Å². The van der Waals surface area contributed by atoms with E-state index < -0.39 is 0 Å². The number of isocyanates is 1. The Morgan fingerprint density at radius 2 is 1.89 bits per heavy atom. The Morgan fingerprint density at radius 3 is 2.22 bits per heavy atom. The minimum atomic E-state index is 0. The van der Waals surface area contributed by atoms with Crippen molar-refractivity contribution < 1.29 is 4.79 Å². The van der Waals surface area contributed by atoms with Crippen LogP contribution in [0.15, 0.2) is 16.6 Å². The van der Waals surface area contributed by atoms with Crippen molar-refractivity contribution in [3.63, 3.8) is 0 Å². The van der Waals surface area contributed by atoms with Crippen LogP contribution < -0.4 is 0 Å². The van der Waals surface area contributed by atoms with E-state index in [1.54, 1.807) is 0 Å². The molecule has 0 unspecified atom stereocenters. The predicted octanol–water partition coefficient (Wildman–Crippen LogP) is 1.41. The Bertz CT molecular complexity index is 114. The average Bonchev–Trinajstić information content (AvgIpc) is 1.69. The van der Waals surface area contributed by atoms with Crippen molar-refractivity contribution in [2.45, 2.75) is 14.9 Å². The van der Waals surface area contributed by atoms with Crippen LogP contribution in [0.25, 0.3) is 0 Å². The molecule has 0 bridgehead atoms. The zero-order chi connectivity index (χ0) is 5.54. The second-order valence-electron chi connectivity index (χ2n) is 0.707. The molecule has 0 aliphatic rings. The van der Waals surface area contributed by atoms with Gasteiger partial charge >= 0.3 is 0 Å². The van der Waals surface area contributed by atoms with Crippen molar-refractivity contribution in [1.82, 2.24) is 0 Å². The third-order valence-electron chi connectivity index (χ3n) is 0.318. The molecule has 0 spiro atoms. The van der Waals surface area contributed by atoms with E-state index in [1.807, 2.05) is 0 Å². The van der Waals surface area contributed by atoms with E-state index >= 15 is 0 Å². The second kappa shape index (κ2) is 15.8. The highest BCUT2D eigenvalue weighted by molar-refractivity contribution is 5.46. The fraction of sp³-hybridized carbons (Fsp3) is 0.500. The average molecular weight is 128 g/mol. The van der Waals surface area contributed by atoms with Crippen molar-refractivity contribution in [3.05, 3.63) is 6.58 Å². The molecule has 0 aromatic heterocycles. The molecular weight excluding hydrogens is 116 g/mol. The van der Waals surface area contributed by atoms with Crippen LogP contribution in [-0.2, 0) is 4.79 Å². The van der Waals surface area contributed by atoms with E-state index in [9.17, 15) is 4.79 Å². The van der Waals surface area contributed by atoms with Gasteiger partial charge in [-0.25, -0.2) is 9.79 Å². The monoisotopic (exact) mass is 128 g/mol. The highest BCUT2D eigenvalue weighted by Gasteiger charge is 1.60. The molecule has 0 aliphatic heterocycles. The number of nitrogens with zero attached hydrogens (tertiary/aromatic N) is 2. The minimum Gasteiger partial charge on any atom is -0.219 e. The summed E-state index contributed by atoms with van der Waals surface area (Å²) < 4.78 is 0. The molecule has 0 atom stereocenters. The quantitative estimate of drug-likeness (QED) is 0.409. The van der Waals surface area contributed by atoms with Gasteiger partial charge in [-0.2, -0.15) is 4.99 Å².